The fourth-order valence-electron chi connectivity index (χ4n) is 5.90. The van der Waals surface area contributed by atoms with Crippen LogP contribution in [0, 0.1) is 12.3 Å². The lowest BCUT2D eigenvalue weighted by Gasteiger charge is -2.47. The molecule has 3 N–H and O–H groups in total. The Labute approximate surface area is 246 Å². The van der Waals surface area contributed by atoms with E-state index in [-0.39, 0.29) is 16.2 Å². The lowest BCUT2D eigenvalue weighted by molar-refractivity contribution is 0.181. The number of nitrogens with one attached hydrogen (secondary N) is 1. The number of fused-ring (bicyclic) bond motifs is 2. The van der Waals surface area contributed by atoms with Crippen molar-refractivity contribution in [2.24, 2.45) is 5.41 Å². The van der Waals surface area contributed by atoms with Gasteiger partial charge in [0.05, 0.1) is 25.7 Å². The number of pyridine rings is 2. The van der Waals surface area contributed by atoms with Crippen LogP contribution in [-0.4, -0.2) is 47.7 Å². The lowest BCUT2D eigenvalue weighted by atomic mass is 9.72. The van der Waals surface area contributed by atoms with Gasteiger partial charge in [0, 0.05) is 30.2 Å². The number of halogens is 1. The third kappa shape index (κ3) is 4.89. The van der Waals surface area contributed by atoms with E-state index in [1.54, 1.807) is 12.5 Å². The molecule has 2 atom stereocenters. The second-order valence-corrected chi connectivity index (χ2v) is 15.3. The van der Waals surface area contributed by atoms with Crippen LogP contribution in [0.1, 0.15) is 43.9 Å². The minimum Gasteiger partial charge on any atom is -0.382 e. The maximum Gasteiger partial charge on any atom is 0.171 e. The molecule has 210 valence electrons. The van der Waals surface area contributed by atoms with Crippen LogP contribution >= 0.6 is 23.4 Å². The van der Waals surface area contributed by atoms with Crippen molar-refractivity contribution in [1.82, 2.24) is 24.3 Å². The van der Waals surface area contributed by atoms with Crippen molar-refractivity contribution >= 4 is 51.6 Å². The van der Waals surface area contributed by atoms with E-state index in [2.05, 4.69) is 61.9 Å². The molecule has 0 radical (unpaired) electrons. The Kier molecular flexibility index (Phi) is 7.09. The van der Waals surface area contributed by atoms with Gasteiger partial charge < -0.3 is 10.6 Å². The molecule has 40 heavy (non-hydrogen) atoms. The Bertz CT molecular complexity index is 1590. The van der Waals surface area contributed by atoms with Crippen LogP contribution in [0.25, 0.3) is 5.65 Å². The number of anilines is 2. The minimum absolute atomic E-state index is 0.0193. The van der Waals surface area contributed by atoms with Gasteiger partial charge in [-0.15, -0.1) is 0 Å². The number of rotatable bonds is 5. The maximum atomic E-state index is 13.4. The van der Waals surface area contributed by atoms with Crippen molar-refractivity contribution in [2.45, 2.75) is 67.5 Å². The number of aromatic nitrogens is 4. The largest absolute Gasteiger partial charge is 0.382 e. The predicted octanol–water partition coefficient (Wildman–Crippen LogP) is 5.24. The molecule has 1 aliphatic heterocycles. The number of hydrogen-bond donors (Lipinski definition) is 2. The first-order valence-electron chi connectivity index (χ1n) is 13.5. The van der Waals surface area contributed by atoms with Gasteiger partial charge >= 0.3 is 0 Å². The summed E-state index contributed by atoms with van der Waals surface area (Å²) in [4.78, 5) is 12.9. The van der Waals surface area contributed by atoms with E-state index < -0.39 is 11.0 Å². The Morgan fingerprint density at radius 1 is 1.18 bits per heavy atom. The number of benzene rings is 1. The van der Waals surface area contributed by atoms with Crippen LogP contribution in [0.4, 0.5) is 11.6 Å². The van der Waals surface area contributed by atoms with Gasteiger partial charge in [0.2, 0.25) is 0 Å². The summed E-state index contributed by atoms with van der Waals surface area (Å²) in [5.41, 5.74) is 10.6. The predicted molar refractivity (Wildman–Crippen MR) is 163 cm³/mol. The van der Waals surface area contributed by atoms with Gasteiger partial charge in [-0.05, 0) is 81.2 Å². The van der Waals surface area contributed by atoms with E-state index in [0.29, 0.717) is 10.8 Å². The molecule has 0 bridgehead atoms. The summed E-state index contributed by atoms with van der Waals surface area (Å²) in [7, 11) is -1.19. The van der Waals surface area contributed by atoms with Crippen LogP contribution < -0.4 is 15.4 Å². The second kappa shape index (κ2) is 10.3. The van der Waals surface area contributed by atoms with Crippen molar-refractivity contribution < 1.29 is 4.21 Å². The standard InChI is InChI=1S/C29H34ClN7OS2/c1-18-13-23(37-27(33-17-34-37)25(18)39-21-9-11-32-26(31)24(21)30)36-12-10-29(14-19-7-5-6-8-20(19)15-29)22(16-36)35-40(38)28(2,3)4/h5-9,11,13,17,22,35H,10,12,14-16H2,1-4H3,(H2,31,32). The zero-order chi connectivity index (χ0) is 28.2. The van der Waals surface area contributed by atoms with Crippen molar-refractivity contribution in [3.8, 4) is 0 Å². The van der Waals surface area contributed by atoms with Gasteiger partial charge in [-0.1, -0.05) is 47.6 Å². The Morgan fingerprint density at radius 2 is 1.90 bits per heavy atom. The summed E-state index contributed by atoms with van der Waals surface area (Å²) >= 11 is 7.98. The van der Waals surface area contributed by atoms with Crippen LogP contribution in [-0.2, 0) is 23.8 Å². The van der Waals surface area contributed by atoms with Gasteiger partial charge in [-0.3, -0.25) is 0 Å². The molecule has 11 heteroatoms. The minimum atomic E-state index is -1.19. The molecule has 4 heterocycles. The lowest BCUT2D eigenvalue weighted by Crippen LogP contribution is -2.59. The highest BCUT2D eigenvalue weighted by molar-refractivity contribution is 7.99. The number of aryl methyl sites for hydroxylation is 1. The second-order valence-electron chi connectivity index (χ2n) is 11.9. The Morgan fingerprint density at radius 3 is 2.60 bits per heavy atom. The van der Waals surface area contributed by atoms with Gasteiger partial charge in [0.25, 0.3) is 0 Å². The number of hydrogen-bond acceptors (Lipinski definition) is 7. The average Bonchev–Trinajstić information content (AvgIpc) is 3.54. The van der Waals surface area contributed by atoms with Crippen molar-refractivity contribution in [2.75, 3.05) is 23.7 Å². The summed E-state index contributed by atoms with van der Waals surface area (Å²) in [5, 5.41) is 5.06. The third-order valence-corrected chi connectivity index (χ3v) is 11.5. The molecule has 1 aromatic carbocycles. The first-order chi connectivity index (χ1) is 19.1. The van der Waals surface area contributed by atoms with Gasteiger partial charge in [0.1, 0.15) is 18.0 Å². The zero-order valence-corrected chi connectivity index (χ0v) is 25.5. The first kappa shape index (κ1) is 27.5. The first-order valence-corrected chi connectivity index (χ1v) is 15.8. The molecule has 0 amide bonds. The summed E-state index contributed by atoms with van der Waals surface area (Å²) in [6.07, 6.45) is 6.23. The molecule has 0 saturated carbocycles. The molecule has 4 aromatic rings. The Balaban J connectivity index is 1.35. The van der Waals surface area contributed by atoms with Crippen LogP contribution in [0.5, 0.6) is 0 Å². The van der Waals surface area contributed by atoms with E-state index in [0.717, 1.165) is 59.2 Å². The molecule has 1 fully saturated rings. The summed E-state index contributed by atoms with van der Waals surface area (Å²) < 4.78 is 18.5. The van der Waals surface area contributed by atoms with Crippen molar-refractivity contribution in [3.63, 3.8) is 0 Å². The molecule has 6 rings (SSSR count). The molecule has 2 aliphatic rings. The SMILES string of the molecule is Cc1cc(N2CCC3(Cc4ccccc4C3)C(NS(=O)C(C)(C)C)C2)n2ncnc2c1Sc1ccnc(N)c1Cl. The van der Waals surface area contributed by atoms with E-state index in [4.69, 9.17) is 17.3 Å². The highest BCUT2D eigenvalue weighted by atomic mass is 35.5. The van der Waals surface area contributed by atoms with Crippen LogP contribution in [0.15, 0.2) is 58.7 Å². The molecule has 3 aromatic heterocycles. The zero-order valence-electron chi connectivity index (χ0n) is 23.1. The van der Waals surface area contributed by atoms with Gasteiger partial charge in [0.15, 0.2) is 5.65 Å². The number of nitrogens with two attached hydrogens (primary N) is 1. The molecule has 2 unspecified atom stereocenters. The van der Waals surface area contributed by atoms with E-state index in [9.17, 15) is 4.21 Å². The average molecular weight is 596 g/mol. The topological polar surface area (TPSA) is 101 Å². The summed E-state index contributed by atoms with van der Waals surface area (Å²) in [5.74, 6) is 1.29. The molecule has 8 nitrogen and oxygen atoms in total. The quantitative estimate of drug-likeness (QED) is 0.325. The van der Waals surface area contributed by atoms with E-state index in [1.165, 1.54) is 22.9 Å². The molecular weight excluding hydrogens is 562 g/mol. The van der Waals surface area contributed by atoms with Crippen molar-refractivity contribution in [3.05, 3.63) is 70.6 Å². The molecule has 1 aliphatic carbocycles. The molecule has 1 saturated heterocycles. The van der Waals surface area contributed by atoms with Crippen molar-refractivity contribution in [1.29, 1.82) is 0 Å². The monoisotopic (exact) mass is 595 g/mol. The van der Waals surface area contributed by atoms with Crippen LogP contribution in [0.2, 0.25) is 5.02 Å². The highest BCUT2D eigenvalue weighted by Crippen LogP contribution is 2.46. The fraction of sp³-hybridized carbons (Fsp3) is 0.414. The normalized spacial score (nSPS) is 19.3. The molecule has 1 spiro atoms. The number of piperidine rings is 1. The summed E-state index contributed by atoms with van der Waals surface area (Å²) in [6.45, 7) is 9.75. The summed E-state index contributed by atoms with van der Waals surface area (Å²) in [6, 6.07) is 12.8. The van der Waals surface area contributed by atoms with Gasteiger partial charge in [-0.2, -0.15) is 9.61 Å². The number of nitrogen functional groups attached to an aromatic ring is 1. The third-order valence-electron chi connectivity index (χ3n) is 8.12. The van der Waals surface area contributed by atoms with Crippen LogP contribution in [0.3, 0.4) is 0 Å². The Hall–Kier alpha value is -2.66. The number of nitrogens with zero attached hydrogens (tertiary/aromatic N) is 5. The van der Waals surface area contributed by atoms with E-state index >= 15 is 0 Å². The van der Waals surface area contributed by atoms with E-state index in [1.807, 2.05) is 31.4 Å². The maximum absolute atomic E-state index is 13.4. The van der Waals surface area contributed by atoms with Gasteiger partial charge in [-0.25, -0.2) is 18.9 Å². The smallest absolute Gasteiger partial charge is 0.171 e. The fourth-order valence-corrected chi connectivity index (χ4v) is 8.06. The highest BCUT2D eigenvalue weighted by Gasteiger charge is 2.48. The molecular formula is C29H34ClN7OS2.